The molecule has 0 amide bonds. The molecule has 0 bridgehead atoms. The Morgan fingerprint density at radius 1 is 1.00 bits per heavy atom. The highest BCUT2D eigenvalue weighted by atomic mass is 79.9. The first-order valence-electron chi connectivity index (χ1n) is 3.19. The molecule has 0 aromatic rings. The predicted octanol–water partition coefficient (Wildman–Crippen LogP) is 4.10. The molecule has 0 aliphatic rings. The summed E-state index contributed by atoms with van der Waals surface area (Å²) in [5, 5.41) is 0. The van der Waals surface area contributed by atoms with Gasteiger partial charge in [-0.3, -0.25) is 0 Å². The van der Waals surface area contributed by atoms with E-state index >= 15 is 0 Å². The molecular formula is C7H10Br4. The third kappa shape index (κ3) is 4.63. The molecular weight excluding hydrogens is 404 g/mol. The van der Waals surface area contributed by atoms with Crippen molar-refractivity contribution in [2.24, 2.45) is 0 Å². The van der Waals surface area contributed by atoms with Gasteiger partial charge < -0.3 is 0 Å². The van der Waals surface area contributed by atoms with Crippen LogP contribution in [0.4, 0.5) is 0 Å². The molecule has 2 radical (unpaired) electrons. The topological polar surface area (TPSA) is 0 Å². The molecule has 0 heterocycles. The summed E-state index contributed by atoms with van der Waals surface area (Å²) in [4.78, 5) is 1.25. The maximum absolute atomic E-state index is 3.87. The molecule has 0 spiro atoms. The standard InChI is InChI=1S/C7H10Br4/c1-3-5(9)7(11)6(10)4(2)8/h4-7H,1-3H2. The number of hydrogen-bond acceptors (Lipinski definition) is 0. The van der Waals surface area contributed by atoms with Gasteiger partial charge in [-0.2, -0.15) is 0 Å². The molecule has 0 saturated carbocycles. The van der Waals surface area contributed by atoms with E-state index in [2.05, 4.69) is 77.6 Å². The van der Waals surface area contributed by atoms with E-state index in [9.17, 15) is 0 Å². The minimum absolute atomic E-state index is 0.207. The fraction of sp³-hybridized carbons (Fsp3) is 0.714. The lowest BCUT2D eigenvalue weighted by molar-refractivity contribution is 0.782. The molecule has 0 fully saturated rings. The summed E-state index contributed by atoms with van der Waals surface area (Å²) in [6.45, 7) is 7.69. The SMILES string of the molecule is [CH2]CC(Br)C(Br)C(Br)C([CH2])Br. The van der Waals surface area contributed by atoms with Gasteiger partial charge in [-0.15, -0.1) is 0 Å². The molecule has 0 aromatic carbocycles. The maximum atomic E-state index is 3.87. The molecule has 0 aromatic heterocycles. The van der Waals surface area contributed by atoms with Gasteiger partial charge in [0, 0.05) is 19.3 Å². The summed E-state index contributed by atoms with van der Waals surface area (Å²) < 4.78 is 0. The van der Waals surface area contributed by atoms with Gasteiger partial charge in [0.05, 0.1) is 0 Å². The monoisotopic (exact) mass is 410 g/mol. The Hall–Kier alpha value is 1.92. The third-order valence-corrected chi connectivity index (χ3v) is 7.41. The van der Waals surface area contributed by atoms with Gasteiger partial charge in [0.15, 0.2) is 0 Å². The van der Waals surface area contributed by atoms with Crippen molar-refractivity contribution in [3.8, 4) is 0 Å². The lowest BCUT2D eigenvalue weighted by Crippen LogP contribution is -2.29. The van der Waals surface area contributed by atoms with E-state index in [4.69, 9.17) is 0 Å². The van der Waals surface area contributed by atoms with Crippen molar-refractivity contribution in [3.05, 3.63) is 13.8 Å². The van der Waals surface area contributed by atoms with Gasteiger partial charge in [0.2, 0.25) is 0 Å². The number of rotatable bonds is 4. The van der Waals surface area contributed by atoms with E-state index in [0.717, 1.165) is 6.42 Å². The highest BCUT2D eigenvalue weighted by Gasteiger charge is 2.25. The third-order valence-electron chi connectivity index (χ3n) is 1.27. The van der Waals surface area contributed by atoms with Crippen molar-refractivity contribution in [2.45, 2.75) is 25.7 Å². The van der Waals surface area contributed by atoms with Gasteiger partial charge in [0.25, 0.3) is 0 Å². The highest BCUT2D eigenvalue weighted by molar-refractivity contribution is 9.14. The number of hydrogen-bond donors (Lipinski definition) is 0. The van der Waals surface area contributed by atoms with Crippen LogP contribution in [0.25, 0.3) is 0 Å². The van der Waals surface area contributed by atoms with E-state index in [0.29, 0.717) is 14.5 Å². The first-order chi connectivity index (χ1) is 5.00. The molecule has 0 rings (SSSR count). The van der Waals surface area contributed by atoms with E-state index in [1.165, 1.54) is 0 Å². The van der Waals surface area contributed by atoms with Crippen LogP contribution >= 0.6 is 63.7 Å². The fourth-order valence-electron chi connectivity index (χ4n) is 0.558. The molecule has 0 nitrogen and oxygen atoms in total. The summed E-state index contributed by atoms with van der Waals surface area (Å²) in [6.07, 6.45) is 0.859. The van der Waals surface area contributed by atoms with Gasteiger partial charge in [-0.25, -0.2) is 0 Å². The van der Waals surface area contributed by atoms with Crippen molar-refractivity contribution in [1.29, 1.82) is 0 Å². The Kier molecular flexibility index (Phi) is 7.50. The zero-order valence-electron chi connectivity index (χ0n) is 5.94. The summed E-state index contributed by atoms with van der Waals surface area (Å²) in [7, 11) is 0. The van der Waals surface area contributed by atoms with Crippen LogP contribution in [-0.2, 0) is 0 Å². The van der Waals surface area contributed by atoms with Crippen LogP contribution in [-0.4, -0.2) is 19.3 Å². The summed E-state index contributed by atoms with van der Waals surface area (Å²) in [5.41, 5.74) is 0. The average molecular weight is 414 g/mol. The molecule has 4 unspecified atom stereocenters. The molecule has 0 saturated heterocycles. The van der Waals surface area contributed by atoms with Crippen LogP contribution in [0.15, 0.2) is 0 Å². The van der Waals surface area contributed by atoms with Crippen LogP contribution in [0.3, 0.4) is 0 Å². The van der Waals surface area contributed by atoms with Crippen LogP contribution < -0.4 is 0 Å². The molecule has 66 valence electrons. The van der Waals surface area contributed by atoms with Crippen molar-refractivity contribution >= 4 is 63.7 Å². The Bertz CT molecular complexity index is 105. The van der Waals surface area contributed by atoms with E-state index < -0.39 is 0 Å². The largest absolute Gasteiger partial charge is 0.0878 e. The zero-order valence-corrected chi connectivity index (χ0v) is 12.3. The highest BCUT2D eigenvalue weighted by Crippen LogP contribution is 2.29. The minimum Gasteiger partial charge on any atom is -0.0878 e. The van der Waals surface area contributed by atoms with E-state index in [1.54, 1.807) is 0 Å². The second-order valence-corrected chi connectivity index (χ2v) is 6.68. The predicted molar refractivity (Wildman–Crippen MR) is 66.2 cm³/mol. The zero-order chi connectivity index (χ0) is 9.02. The normalized spacial score (nSPS) is 22.4. The van der Waals surface area contributed by atoms with Gasteiger partial charge in [-0.1, -0.05) is 70.6 Å². The first-order valence-corrected chi connectivity index (χ1v) is 6.85. The van der Waals surface area contributed by atoms with E-state index in [1.807, 2.05) is 0 Å². The molecule has 0 N–H and O–H groups in total. The molecule has 4 atom stereocenters. The van der Waals surface area contributed by atoms with Crippen molar-refractivity contribution in [1.82, 2.24) is 0 Å². The second-order valence-electron chi connectivity index (χ2n) is 2.21. The van der Waals surface area contributed by atoms with Crippen molar-refractivity contribution in [3.63, 3.8) is 0 Å². The Morgan fingerprint density at radius 2 is 1.45 bits per heavy atom. The fourth-order valence-corrected chi connectivity index (χ4v) is 3.04. The number of alkyl halides is 4. The molecule has 11 heavy (non-hydrogen) atoms. The Morgan fingerprint density at radius 3 is 1.73 bits per heavy atom. The van der Waals surface area contributed by atoms with Crippen molar-refractivity contribution < 1.29 is 0 Å². The molecule has 0 aliphatic carbocycles. The van der Waals surface area contributed by atoms with E-state index in [-0.39, 0.29) is 4.83 Å². The van der Waals surface area contributed by atoms with Gasteiger partial charge >= 0.3 is 0 Å². The Balaban J connectivity index is 3.90. The molecule has 4 heteroatoms. The van der Waals surface area contributed by atoms with Crippen LogP contribution in [0, 0.1) is 13.8 Å². The lowest BCUT2D eigenvalue weighted by Gasteiger charge is -2.22. The van der Waals surface area contributed by atoms with Crippen molar-refractivity contribution in [2.75, 3.05) is 0 Å². The summed E-state index contributed by atoms with van der Waals surface area (Å²) in [5.74, 6) is 0. The van der Waals surface area contributed by atoms with Gasteiger partial charge in [0.1, 0.15) is 0 Å². The Labute approximate surface area is 102 Å². The second kappa shape index (κ2) is 6.39. The molecule has 0 aliphatic heterocycles. The quantitative estimate of drug-likeness (QED) is 0.609. The van der Waals surface area contributed by atoms with Crippen LogP contribution in [0.1, 0.15) is 6.42 Å². The van der Waals surface area contributed by atoms with Gasteiger partial charge in [-0.05, 0) is 13.3 Å². The lowest BCUT2D eigenvalue weighted by atomic mass is 10.2. The van der Waals surface area contributed by atoms with Crippen LogP contribution in [0.2, 0.25) is 0 Å². The number of halogens is 4. The minimum atomic E-state index is 0.207. The first kappa shape index (κ1) is 12.9. The summed E-state index contributed by atoms with van der Waals surface area (Å²) in [6, 6.07) is 0. The van der Waals surface area contributed by atoms with Crippen LogP contribution in [0.5, 0.6) is 0 Å². The smallest absolute Gasteiger partial charge is 0.0407 e. The summed E-state index contributed by atoms with van der Waals surface area (Å²) >= 11 is 14.0. The maximum Gasteiger partial charge on any atom is 0.0407 e. The average Bonchev–Trinajstić information content (AvgIpc) is 2.00.